The van der Waals surface area contributed by atoms with Crippen LogP contribution in [-0.4, -0.2) is 37.2 Å². The van der Waals surface area contributed by atoms with Gasteiger partial charge in [0.15, 0.2) is 5.16 Å². The highest BCUT2D eigenvalue weighted by atomic mass is 35.5. The quantitative estimate of drug-likeness (QED) is 0.164. The summed E-state index contributed by atoms with van der Waals surface area (Å²) in [5, 5.41) is 4.07. The van der Waals surface area contributed by atoms with Crippen molar-refractivity contribution in [2.24, 2.45) is 0 Å². The Labute approximate surface area is 276 Å². The van der Waals surface area contributed by atoms with Gasteiger partial charge in [0.05, 0.1) is 28.9 Å². The van der Waals surface area contributed by atoms with Gasteiger partial charge >= 0.3 is 6.03 Å². The molecule has 1 heterocycles. The van der Waals surface area contributed by atoms with Crippen LogP contribution in [0.5, 0.6) is 5.75 Å². The van der Waals surface area contributed by atoms with Crippen LogP contribution in [0.2, 0.25) is 10.0 Å². The van der Waals surface area contributed by atoms with Crippen LogP contribution in [0.3, 0.4) is 0 Å². The van der Waals surface area contributed by atoms with Crippen molar-refractivity contribution in [2.45, 2.75) is 66.8 Å². The number of imidazole rings is 1. The van der Waals surface area contributed by atoms with E-state index < -0.39 is 21.5 Å². The van der Waals surface area contributed by atoms with Gasteiger partial charge in [-0.2, -0.15) is 0 Å². The third-order valence-electron chi connectivity index (χ3n) is 7.94. The molecule has 13 heteroatoms. The number of benzene rings is 3. The van der Waals surface area contributed by atoms with Crippen molar-refractivity contribution in [1.29, 1.82) is 0 Å². The average molecular weight is 692 g/mol. The minimum atomic E-state index is -4.12. The highest BCUT2D eigenvalue weighted by Gasteiger charge is 2.30. The van der Waals surface area contributed by atoms with E-state index in [9.17, 15) is 17.6 Å². The minimum absolute atomic E-state index is 0.0224. The molecular formula is C32H33Cl2FN4O4S2. The van der Waals surface area contributed by atoms with E-state index in [4.69, 9.17) is 32.9 Å². The first kappa shape index (κ1) is 33.1. The standard InChI is InChI=1S/C32H33Cl2FN4O4S2/c1-32(2,21-9-15-26(33)28(16-21)43-3)29-18-36-31(39(29)24-12-10-22(35)11-13-24)44-19-20-8-14-25(17-27(20)34)45(41,42)38-30(40)37-23-6-4-5-7-23/h8-18,23H,4-7,19H2,1-3H3,(H2,37,38,40). The summed E-state index contributed by atoms with van der Waals surface area (Å²) in [6.45, 7) is 4.11. The number of nitrogens with one attached hydrogen (secondary N) is 2. The van der Waals surface area contributed by atoms with Gasteiger partial charge in [-0.05, 0) is 72.5 Å². The van der Waals surface area contributed by atoms with Crippen LogP contribution in [0.1, 0.15) is 56.4 Å². The molecular weight excluding hydrogens is 658 g/mol. The van der Waals surface area contributed by atoms with E-state index in [0.29, 0.717) is 27.2 Å². The summed E-state index contributed by atoms with van der Waals surface area (Å²) >= 11 is 14.2. The first-order valence-electron chi connectivity index (χ1n) is 14.3. The maximum absolute atomic E-state index is 13.9. The number of amides is 2. The Bertz CT molecular complexity index is 1810. The summed E-state index contributed by atoms with van der Waals surface area (Å²) < 4.78 is 49.1. The number of methoxy groups -OCH3 is 1. The van der Waals surface area contributed by atoms with Crippen molar-refractivity contribution in [3.63, 3.8) is 0 Å². The molecule has 1 aromatic heterocycles. The number of sulfonamides is 1. The molecule has 0 unspecified atom stereocenters. The molecule has 238 valence electrons. The summed E-state index contributed by atoms with van der Waals surface area (Å²) in [6.07, 6.45) is 5.47. The molecule has 0 spiro atoms. The molecule has 0 bridgehead atoms. The molecule has 0 atom stereocenters. The Hall–Kier alpha value is -3.25. The number of carbonyl (C=O) groups is 1. The lowest BCUT2D eigenvalue weighted by atomic mass is 9.81. The van der Waals surface area contributed by atoms with Crippen LogP contribution >= 0.6 is 35.0 Å². The number of rotatable bonds is 10. The van der Waals surface area contributed by atoms with Gasteiger partial charge in [-0.3, -0.25) is 4.57 Å². The van der Waals surface area contributed by atoms with E-state index in [1.54, 1.807) is 37.6 Å². The average Bonchev–Trinajstić information content (AvgIpc) is 3.67. The second-order valence-corrected chi connectivity index (χ2v) is 14.8. The zero-order valence-electron chi connectivity index (χ0n) is 24.9. The molecule has 5 rings (SSSR count). The Morgan fingerprint density at radius 1 is 1.07 bits per heavy atom. The van der Waals surface area contributed by atoms with E-state index >= 15 is 0 Å². The van der Waals surface area contributed by atoms with Gasteiger partial charge < -0.3 is 10.1 Å². The van der Waals surface area contributed by atoms with Crippen molar-refractivity contribution in [3.05, 3.63) is 99.5 Å². The number of hydrogen-bond donors (Lipinski definition) is 2. The molecule has 2 N–H and O–H groups in total. The molecule has 0 saturated heterocycles. The Morgan fingerprint density at radius 3 is 2.44 bits per heavy atom. The van der Waals surface area contributed by atoms with E-state index in [1.807, 2.05) is 16.7 Å². The lowest BCUT2D eigenvalue weighted by molar-refractivity contribution is 0.242. The molecule has 0 aliphatic heterocycles. The van der Waals surface area contributed by atoms with E-state index in [0.717, 1.165) is 42.6 Å². The summed E-state index contributed by atoms with van der Waals surface area (Å²) in [6, 6.07) is 15.4. The molecule has 4 aromatic rings. The van der Waals surface area contributed by atoms with Gasteiger partial charge in [0.1, 0.15) is 11.6 Å². The zero-order valence-corrected chi connectivity index (χ0v) is 28.1. The number of urea groups is 1. The fraction of sp³-hybridized carbons (Fsp3) is 0.312. The third-order valence-corrected chi connectivity index (χ3v) is 10.9. The summed E-state index contributed by atoms with van der Waals surface area (Å²) in [7, 11) is -2.56. The van der Waals surface area contributed by atoms with Crippen LogP contribution in [0.15, 0.2) is 76.9 Å². The zero-order chi connectivity index (χ0) is 32.4. The fourth-order valence-electron chi connectivity index (χ4n) is 5.33. The molecule has 45 heavy (non-hydrogen) atoms. The van der Waals surface area contributed by atoms with E-state index in [-0.39, 0.29) is 21.8 Å². The number of hydrogen-bond acceptors (Lipinski definition) is 6. The van der Waals surface area contributed by atoms with Crippen LogP contribution < -0.4 is 14.8 Å². The number of thioether (sulfide) groups is 1. The van der Waals surface area contributed by atoms with E-state index in [1.165, 1.54) is 36.0 Å². The fourth-order valence-corrected chi connectivity index (χ4v) is 7.86. The summed E-state index contributed by atoms with van der Waals surface area (Å²) in [4.78, 5) is 16.9. The molecule has 1 aliphatic carbocycles. The molecule has 1 fully saturated rings. The number of carbonyl (C=O) groups excluding carboxylic acids is 1. The van der Waals surface area contributed by atoms with Gasteiger partial charge in [-0.25, -0.2) is 27.3 Å². The van der Waals surface area contributed by atoms with Crippen LogP contribution in [0.25, 0.3) is 5.69 Å². The van der Waals surface area contributed by atoms with Crippen molar-refractivity contribution < 1.29 is 22.3 Å². The summed E-state index contributed by atoms with van der Waals surface area (Å²) in [5.41, 5.74) is 2.61. The molecule has 2 amide bonds. The predicted octanol–water partition coefficient (Wildman–Crippen LogP) is 7.88. The molecule has 8 nitrogen and oxygen atoms in total. The topological polar surface area (TPSA) is 102 Å². The van der Waals surface area contributed by atoms with Gasteiger partial charge in [0, 0.05) is 27.9 Å². The van der Waals surface area contributed by atoms with Crippen molar-refractivity contribution in [1.82, 2.24) is 19.6 Å². The highest BCUT2D eigenvalue weighted by molar-refractivity contribution is 7.98. The van der Waals surface area contributed by atoms with Crippen molar-refractivity contribution in [3.8, 4) is 11.4 Å². The Balaban J connectivity index is 1.40. The largest absolute Gasteiger partial charge is 0.495 e. The van der Waals surface area contributed by atoms with Crippen LogP contribution in [-0.2, 0) is 21.2 Å². The first-order valence-corrected chi connectivity index (χ1v) is 17.5. The maximum atomic E-state index is 13.9. The van der Waals surface area contributed by atoms with Crippen LogP contribution in [0, 0.1) is 5.82 Å². The van der Waals surface area contributed by atoms with Gasteiger partial charge in [0.2, 0.25) is 0 Å². The second-order valence-electron chi connectivity index (χ2n) is 11.3. The Morgan fingerprint density at radius 2 is 1.78 bits per heavy atom. The minimum Gasteiger partial charge on any atom is -0.495 e. The second kappa shape index (κ2) is 13.6. The highest BCUT2D eigenvalue weighted by Crippen LogP contribution is 2.39. The lowest BCUT2D eigenvalue weighted by Crippen LogP contribution is -2.43. The van der Waals surface area contributed by atoms with E-state index in [2.05, 4.69) is 23.9 Å². The SMILES string of the molecule is COc1cc(C(C)(C)c2cnc(SCc3ccc(S(=O)(=O)NC(=O)NC4CCCC4)cc3Cl)n2-c2ccc(F)cc2)ccc1Cl. The first-order chi connectivity index (χ1) is 21.4. The van der Waals surface area contributed by atoms with Gasteiger partial charge in [-0.15, -0.1) is 0 Å². The normalized spacial score (nSPS) is 14.0. The van der Waals surface area contributed by atoms with Crippen molar-refractivity contribution in [2.75, 3.05) is 7.11 Å². The lowest BCUT2D eigenvalue weighted by Gasteiger charge is -2.28. The number of ether oxygens (including phenoxy) is 1. The third kappa shape index (κ3) is 7.43. The molecule has 0 radical (unpaired) electrons. The molecule has 1 aliphatic rings. The maximum Gasteiger partial charge on any atom is 0.328 e. The van der Waals surface area contributed by atoms with Gasteiger partial charge in [0.25, 0.3) is 10.0 Å². The van der Waals surface area contributed by atoms with Gasteiger partial charge in [-0.1, -0.05) is 73.8 Å². The number of nitrogens with zero attached hydrogens (tertiary/aromatic N) is 2. The number of aromatic nitrogens is 2. The Kier molecular flexibility index (Phi) is 10.0. The molecule has 1 saturated carbocycles. The molecule has 3 aromatic carbocycles. The summed E-state index contributed by atoms with van der Waals surface area (Å²) in [5.74, 6) is 0.555. The number of halogens is 3. The predicted molar refractivity (Wildman–Crippen MR) is 176 cm³/mol. The van der Waals surface area contributed by atoms with Crippen molar-refractivity contribution >= 4 is 51.0 Å². The monoisotopic (exact) mass is 690 g/mol. The smallest absolute Gasteiger partial charge is 0.328 e. The van der Waals surface area contributed by atoms with Crippen LogP contribution in [0.4, 0.5) is 9.18 Å².